The highest BCUT2D eigenvalue weighted by Gasteiger charge is 2.45. The summed E-state index contributed by atoms with van der Waals surface area (Å²) in [5.41, 5.74) is -0.923. The highest BCUT2D eigenvalue weighted by molar-refractivity contribution is 5.85. The summed E-state index contributed by atoms with van der Waals surface area (Å²) in [6, 6.07) is 8.90. The van der Waals surface area contributed by atoms with Gasteiger partial charge in [0.15, 0.2) is 5.60 Å². The summed E-state index contributed by atoms with van der Waals surface area (Å²) in [5, 5.41) is 12.3. The van der Waals surface area contributed by atoms with Crippen LogP contribution in [0.15, 0.2) is 30.3 Å². The lowest BCUT2D eigenvalue weighted by Crippen LogP contribution is -2.53. The van der Waals surface area contributed by atoms with Crippen molar-refractivity contribution in [1.29, 1.82) is 0 Å². The summed E-state index contributed by atoms with van der Waals surface area (Å²) < 4.78 is 5.90. The Labute approximate surface area is 148 Å². The van der Waals surface area contributed by atoms with Crippen molar-refractivity contribution in [2.75, 3.05) is 19.6 Å². The molecule has 2 fully saturated rings. The third kappa shape index (κ3) is 3.79. The maximum absolute atomic E-state index is 12.9. The van der Waals surface area contributed by atoms with E-state index < -0.39 is 17.6 Å². The van der Waals surface area contributed by atoms with Crippen LogP contribution >= 0.6 is 0 Å². The normalized spacial score (nSPS) is 22.8. The van der Waals surface area contributed by atoms with Gasteiger partial charge in [0.2, 0.25) is 0 Å². The molecule has 0 radical (unpaired) electrons. The molecular formula is C19H26N2O4. The number of hydrogen-bond donors (Lipinski definition) is 2. The molecule has 1 aromatic carbocycles. The zero-order chi connectivity index (χ0) is 18.1. The molecule has 2 saturated heterocycles. The molecule has 1 amide bonds. The van der Waals surface area contributed by atoms with Crippen molar-refractivity contribution in [3.8, 4) is 5.75 Å². The highest BCUT2D eigenvalue weighted by atomic mass is 16.5. The molecule has 0 aliphatic carbocycles. The minimum atomic E-state index is -0.927. The number of ether oxygens (including phenoxy) is 1. The van der Waals surface area contributed by atoms with E-state index in [1.807, 2.05) is 35.2 Å². The van der Waals surface area contributed by atoms with Crippen LogP contribution in [0.3, 0.4) is 0 Å². The minimum Gasteiger partial charge on any atom is -0.480 e. The van der Waals surface area contributed by atoms with Crippen molar-refractivity contribution in [3.63, 3.8) is 0 Å². The number of amides is 1. The van der Waals surface area contributed by atoms with Crippen molar-refractivity contribution in [1.82, 2.24) is 10.2 Å². The zero-order valence-corrected chi connectivity index (χ0v) is 14.8. The molecule has 2 aliphatic rings. The lowest BCUT2D eigenvalue weighted by Gasteiger charge is -2.41. The molecule has 2 heterocycles. The van der Waals surface area contributed by atoms with Crippen LogP contribution in [0.4, 0.5) is 0 Å². The maximum Gasteiger partial charge on any atom is 0.320 e. The number of hydrogen-bond acceptors (Lipinski definition) is 4. The number of carbonyl (C=O) groups excluding carboxylic acids is 1. The van der Waals surface area contributed by atoms with E-state index in [0.29, 0.717) is 25.3 Å². The first-order chi connectivity index (χ1) is 11.8. The fourth-order valence-electron chi connectivity index (χ4n) is 3.86. The number of carbonyl (C=O) groups is 2. The Morgan fingerprint density at radius 2 is 1.88 bits per heavy atom. The van der Waals surface area contributed by atoms with Gasteiger partial charge in [-0.05, 0) is 50.7 Å². The van der Waals surface area contributed by atoms with E-state index in [0.717, 1.165) is 19.4 Å². The Kier molecular flexibility index (Phi) is 4.73. The minimum absolute atomic E-state index is 0.00423. The molecule has 0 saturated carbocycles. The van der Waals surface area contributed by atoms with Crippen molar-refractivity contribution < 1.29 is 19.4 Å². The van der Waals surface area contributed by atoms with Gasteiger partial charge in [0.1, 0.15) is 11.8 Å². The second kappa shape index (κ2) is 6.67. The van der Waals surface area contributed by atoms with Crippen LogP contribution < -0.4 is 10.1 Å². The van der Waals surface area contributed by atoms with E-state index in [2.05, 4.69) is 5.32 Å². The number of nitrogens with one attached hydrogen (secondary N) is 1. The van der Waals surface area contributed by atoms with E-state index in [9.17, 15) is 14.7 Å². The van der Waals surface area contributed by atoms with Gasteiger partial charge < -0.3 is 20.1 Å². The highest BCUT2D eigenvalue weighted by Crippen LogP contribution is 2.39. The lowest BCUT2D eigenvalue weighted by molar-refractivity contribution is -0.148. The summed E-state index contributed by atoms with van der Waals surface area (Å²) in [7, 11) is 0. The Morgan fingerprint density at radius 1 is 1.24 bits per heavy atom. The Bertz CT molecular complexity index is 636. The Hall–Kier alpha value is -2.08. The van der Waals surface area contributed by atoms with E-state index in [-0.39, 0.29) is 11.3 Å². The first kappa shape index (κ1) is 17.7. The molecule has 2 N–H and O–H groups in total. The molecule has 6 nitrogen and oxygen atoms in total. The smallest absolute Gasteiger partial charge is 0.320 e. The summed E-state index contributed by atoms with van der Waals surface area (Å²) in [6.45, 7) is 5.60. The van der Waals surface area contributed by atoms with Gasteiger partial charge in [-0.2, -0.15) is 0 Å². The number of aliphatic carboxylic acids is 1. The first-order valence-corrected chi connectivity index (χ1v) is 8.81. The maximum atomic E-state index is 12.9. The molecule has 1 unspecified atom stereocenters. The Morgan fingerprint density at radius 3 is 2.44 bits per heavy atom. The van der Waals surface area contributed by atoms with Crippen molar-refractivity contribution in [3.05, 3.63) is 30.3 Å². The average molecular weight is 346 g/mol. The van der Waals surface area contributed by atoms with Crippen LogP contribution in [0.5, 0.6) is 5.75 Å². The number of piperidine rings is 1. The molecule has 2 aliphatic heterocycles. The zero-order valence-electron chi connectivity index (χ0n) is 14.8. The van der Waals surface area contributed by atoms with Crippen LogP contribution in [0.2, 0.25) is 0 Å². The second-order valence-electron chi connectivity index (χ2n) is 7.69. The topological polar surface area (TPSA) is 78.9 Å². The van der Waals surface area contributed by atoms with Gasteiger partial charge in [0.05, 0.1) is 0 Å². The average Bonchev–Trinajstić information content (AvgIpc) is 3.00. The van der Waals surface area contributed by atoms with Gasteiger partial charge in [-0.15, -0.1) is 0 Å². The summed E-state index contributed by atoms with van der Waals surface area (Å²) in [4.78, 5) is 25.9. The number of nitrogens with zero attached hydrogens (tertiary/aromatic N) is 1. The van der Waals surface area contributed by atoms with Gasteiger partial charge in [-0.3, -0.25) is 9.59 Å². The standard InChI is InChI=1S/C19H26N2O4/c1-18(2,25-14-6-4-3-5-7-14)17(24)21-10-8-19(9-11-21)12-15(16(22)23)20-13-19/h3-7,15,20H,8-13H2,1-2H3,(H,22,23). The number of rotatable bonds is 4. The third-order valence-corrected chi connectivity index (χ3v) is 5.40. The van der Waals surface area contributed by atoms with Crippen LogP contribution in [0.25, 0.3) is 0 Å². The summed E-state index contributed by atoms with van der Waals surface area (Å²) in [6.07, 6.45) is 2.31. The fraction of sp³-hybridized carbons (Fsp3) is 0.579. The van der Waals surface area contributed by atoms with Gasteiger partial charge in [0, 0.05) is 19.6 Å². The van der Waals surface area contributed by atoms with Gasteiger partial charge >= 0.3 is 5.97 Å². The monoisotopic (exact) mass is 346 g/mol. The third-order valence-electron chi connectivity index (χ3n) is 5.40. The van der Waals surface area contributed by atoms with Crippen molar-refractivity contribution >= 4 is 11.9 Å². The summed E-state index contributed by atoms with van der Waals surface area (Å²) >= 11 is 0. The Balaban J connectivity index is 1.59. The van der Waals surface area contributed by atoms with Gasteiger partial charge in [-0.25, -0.2) is 0 Å². The second-order valence-corrected chi connectivity index (χ2v) is 7.69. The van der Waals surface area contributed by atoms with Gasteiger partial charge in [-0.1, -0.05) is 18.2 Å². The predicted octanol–water partition coefficient (Wildman–Crippen LogP) is 1.90. The molecule has 25 heavy (non-hydrogen) atoms. The quantitative estimate of drug-likeness (QED) is 0.870. The van der Waals surface area contributed by atoms with E-state index in [4.69, 9.17) is 4.74 Å². The molecule has 3 rings (SSSR count). The number of carboxylic acid groups (broad SMARTS) is 1. The van der Waals surface area contributed by atoms with Gasteiger partial charge in [0.25, 0.3) is 5.91 Å². The van der Waals surface area contributed by atoms with Crippen LogP contribution in [-0.4, -0.2) is 53.2 Å². The fourth-order valence-corrected chi connectivity index (χ4v) is 3.86. The molecule has 1 aromatic rings. The molecular weight excluding hydrogens is 320 g/mol. The van der Waals surface area contributed by atoms with Crippen molar-refractivity contribution in [2.45, 2.75) is 44.8 Å². The van der Waals surface area contributed by atoms with E-state index in [1.54, 1.807) is 13.8 Å². The molecule has 6 heteroatoms. The number of carboxylic acids is 1. The van der Waals surface area contributed by atoms with E-state index in [1.165, 1.54) is 0 Å². The number of likely N-dealkylation sites (tertiary alicyclic amines) is 1. The van der Waals surface area contributed by atoms with Crippen molar-refractivity contribution in [2.24, 2.45) is 5.41 Å². The largest absolute Gasteiger partial charge is 0.480 e. The van der Waals surface area contributed by atoms with Crippen LogP contribution in [-0.2, 0) is 9.59 Å². The lowest BCUT2D eigenvalue weighted by atomic mass is 9.76. The summed E-state index contributed by atoms with van der Waals surface area (Å²) in [5.74, 6) is -0.127. The predicted molar refractivity (Wildman–Crippen MR) is 93.4 cm³/mol. The number of benzene rings is 1. The number of para-hydroxylation sites is 1. The van der Waals surface area contributed by atoms with E-state index >= 15 is 0 Å². The molecule has 0 bridgehead atoms. The molecule has 0 aromatic heterocycles. The molecule has 1 atom stereocenters. The molecule has 1 spiro atoms. The molecule has 136 valence electrons. The van der Waals surface area contributed by atoms with Crippen LogP contribution in [0.1, 0.15) is 33.1 Å². The first-order valence-electron chi connectivity index (χ1n) is 8.81. The van der Waals surface area contributed by atoms with Crippen LogP contribution in [0, 0.1) is 5.41 Å². The SMILES string of the molecule is CC(C)(Oc1ccccc1)C(=O)N1CCC2(CC1)CNC(C(=O)O)C2.